The fourth-order valence-corrected chi connectivity index (χ4v) is 1.99. The van der Waals surface area contributed by atoms with Gasteiger partial charge < -0.3 is 10.4 Å². The third-order valence-electron chi connectivity index (χ3n) is 2.29. The van der Waals surface area contributed by atoms with Gasteiger partial charge in [-0.3, -0.25) is 0 Å². The summed E-state index contributed by atoms with van der Waals surface area (Å²) in [4.78, 5) is 11.0. The molecule has 1 rings (SSSR count). The van der Waals surface area contributed by atoms with Crippen molar-refractivity contribution < 1.29 is 14.3 Å². The number of thioether (sulfide) groups is 1. The predicted octanol–water partition coefficient (Wildman–Crippen LogP) is 2.75. The van der Waals surface area contributed by atoms with Crippen LogP contribution in [0.5, 0.6) is 0 Å². The number of anilines is 1. The molecule has 0 aromatic heterocycles. The summed E-state index contributed by atoms with van der Waals surface area (Å²) in [5.41, 5.74) is 1.28. The molecule has 0 aliphatic rings. The highest BCUT2D eigenvalue weighted by Gasteiger charge is 2.16. The molecule has 2 N–H and O–H groups in total. The van der Waals surface area contributed by atoms with Gasteiger partial charge >= 0.3 is 5.97 Å². The van der Waals surface area contributed by atoms with E-state index in [0.29, 0.717) is 12.1 Å². The molecule has 0 fully saturated rings. The van der Waals surface area contributed by atoms with Crippen molar-refractivity contribution in [2.45, 2.75) is 19.4 Å². The van der Waals surface area contributed by atoms with Gasteiger partial charge in [0.2, 0.25) is 0 Å². The summed E-state index contributed by atoms with van der Waals surface area (Å²) in [5.74, 6) is -0.527. The van der Waals surface area contributed by atoms with Crippen LogP contribution in [0, 0.1) is 12.7 Å². The molecule has 0 saturated heterocycles. The number of aliphatic carboxylic acids is 1. The van der Waals surface area contributed by atoms with Crippen LogP contribution in [0.4, 0.5) is 10.1 Å². The Labute approximate surface area is 104 Å². The van der Waals surface area contributed by atoms with E-state index in [4.69, 9.17) is 5.11 Å². The Bertz CT molecular complexity index is 378. The summed E-state index contributed by atoms with van der Waals surface area (Å²) in [6, 6.07) is 3.77. The van der Waals surface area contributed by atoms with Crippen LogP contribution in [0.2, 0.25) is 0 Å². The average Bonchev–Trinajstić information content (AvgIpc) is 2.22. The second-order valence-corrected chi connectivity index (χ2v) is 4.82. The van der Waals surface area contributed by atoms with Crippen molar-refractivity contribution in [1.82, 2.24) is 0 Å². The highest BCUT2D eigenvalue weighted by Crippen LogP contribution is 2.16. The van der Waals surface area contributed by atoms with Gasteiger partial charge in [-0.1, -0.05) is 0 Å². The van der Waals surface area contributed by atoms with Gasteiger partial charge in [-0.05, 0) is 49.1 Å². The molecule has 1 atom stereocenters. The molecule has 17 heavy (non-hydrogen) atoms. The lowest BCUT2D eigenvalue weighted by atomic mass is 10.1. The molecule has 0 bridgehead atoms. The largest absolute Gasteiger partial charge is 0.480 e. The monoisotopic (exact) mass is 257 g/mol. The van der Waals surface area contributed by atoms with E-state index >= 15 is 0 Å². The van der Waals surface area contributed by atoms with Crippen LogP contribution in [-0.4, -0.2) is 29.1 Å². The van der Waals surface area contributed by atoms with Crippen LogP contribution in [0.3, 0.4) is 0 Å². The zero-order chi connectivity index (χ0) is 12.8. The molecule has 1 aromatic carbocycles. The average molecular weight is 257 g/mol. The standard InChI is InChI=1S/C12H16FNO2S/c1-8-5-9(13)7-10(6-8)14-11(12(15)16)3-4-17-2/h5-7,11,14H,3-4H2,1-2H3,(H,15,16). The zero-order valence-corrected chi connectivity index (χ0v) is 10.7. The van der Waals surface area contributed by atoms with E-state index in [0.717, 1.165) is 11.3 Å². The van der Waals surface area contributed by atoms with Gasteiger partial charge in [-0.15, -0.1) is 0 Å². The fourth-order valence-electron chi connectivity index (χ4n) is 1.51. The minimum Gasteiger partial charge on any atom is -0.480 e. The Morgan fingerprint density at radius 2 is 2.24 bits per heavy atom. The van der Waals surface area contributed by atoms with E-state index in [2.05, 4.69) is 5.32 Å². The number of carboxylic acid groups (broad SMARTS) is 1. The van der Waals surface area contributed by atoms with E-state index in [9.17, 15) is 9.18 Å². The summed E-state index contributed by atoms with van der Waals surface area (Å²) in [6.45, 7) is 1.77. The summed E-state index contributed by atoms with van der Waals surface area (Å²) < 4.78 is 13.1. The quantitative estimate of drug-likeness (QED) is 0.822. The van der Waals surface area contributed by atoms with Gasteiger partial charge in [-0.2, -0.15) is 11.8 Å². The van der Waals surface area contributed by atoms with Gasteiger partial charge in [0.1, 0.15) is 11.9 Å². The number of benzene rings is 1. The van der Waals surface area contributed by atoms with Crippen LogP contribution in [0.15, 0.2) is 18.2 Å². The molecule has 0 spiro atoms. The van der Waals surface area contributed by atoms with Crippen LogP contribution >= 0.6 is 11.8 Å². The van der Waals surface area contributed by atoms with Crippen molar-refractivity contribution in [2.75, 3.05) is 17.3 Å². The molecule has 1 aromatic rings. The van der Waals surface area contributed by atoms with Gasteiger partial charge in [0.25, 0.3) is 0 Å². The van der Waals surface area contributed by atoms with Gasteiger partial charge in [-0.25, -0.2) is 9.18 Å². The van der Waals surface area contributed by atoms with Crippen molar-refractivity contribution in [3.63, 3.8) is 0 Å². The third kappa shape index (κ3) is 4.65. The lowest BCUT2D eigenvalue weighted by Crippen LogP contribution is -2.29. The van der Waals surface area contributed by atoms with E-state index < -0.39 is 12.0 Å². The minimum atomic E-state index is -0.916. The highest BCUT2D eigenvalue weighted by atomic mass is 32.2. The van der Waals surface area contributed by atoms with E-state index in [1.807, 2.05) is 6.26 Å². The van der Waals surface area contributed by atoms with Crippen LogP contribution < -0.4 is 5.32 Å². The van der Waals surface area contributed by atoms with Gasteiger partial charge in [0.15, 0.2) is 0 Å². The molecule has 1 unspecified atom stereocenters. The fraction of sp³-hybridized carbons (Fsp3) is 0.417. The Balaban J connectivity index is 2.74. The SMILES string of the molecule is CSCCC(Nc1cc(C)cc(F)c1)C(=O)O. The highest BCUT2D eigenvalue weighted by molar-refractivity contribution is 7.98. The molecule has 0 aliphatic heterocycles. The van der Waals surface area contributed by atoms with Crippen molar-refractivity contribution in [2.24, 2.45) is 0 Å². The molecule has 5 heteroatoms. The van der Waals surface area contributed by atoms with E-state index in [1.165, 1.54) is 12.1 Å². The molecule has 3 nitrogen and oxygen atoms in total. The topological polar surface area (TPSA) is 49.3 Å². The second-order valence-electron chi connectivity index (χ2n) is 3.83. The van der Waals surface area contributed by atoms with Crippen molar-refractivity contribution in [1.29, 1.82) is 0 Å². The van der Waals surface area contributed by atoms with Crippen molar-refractivity contribution in [3.8, 4) is 0 Å². The number of carbonyl (C=O) groups is 1. The van der Waals surface area contributed by atoms with Crippen molar-refractivity contribution >= 4 is 23.4 Å². The van der Waals surface area contributed by atoms with Crippen LogP contribution in [0.1, 0.15) is 12.0 Å². The number of carboxylic acids is 1. The molecule has 0 heterocycles. The number of hydrogen-bond acceptors (Lipinski definition) is 3. The first-order valence-corrected chi connectivity index (χ1v) is 6.68. The first-order valence-electron chi connectivity index (χ1n) is 5.28. The number of hydrogen-bond donors (Lipinski definition) is 2. The Kier molecular flexibility index (Phi) is 5.28. The summed E-state index contributed by atoms with van der Waals surface area (Å²) in [6.07, 6.45) is 2.43. The van der Waals surface area contributed by atoms with Crippen molar-refractivity contribution in [3.05, 3.63) is 29.6 Å². The molecule has 0 amide bonds. The summed E-state index contributed by atoms with van der Waals surface area (Å²) in [5, 5.41) is 11.9. The van der Waals surface area contributed by atoms with Gasteiger partial charge in [0.05, 0.1) is 0 Å². The lowest BCUT2D eigenvalue weighted by molar-refractivity contribution is -0.137. The third-order valence-corrected chi connectivity index (χ3v) is 2.94. The van der Waals surface area contributed by atoms with Crippen LogP contribution in [0.25, 0.3) is 0 Å². The first kappa shape index (κ1) is 13.8. The number of aryl methyl sites for hydroxylation is 1. The number of halogens is 1. The maximum atomic E-state index is 13.1. The Morgan fingerprint density at radius 3 is 2.76 bits per heavy atom. The Hall–Kier alpha value is -1.23. The van der Waals surface area contributed by atoms with Gasteiger partial charge in [0, 0.05) is 5.69 Å². The molecule has 0 radical (unpaired) electrons. The summed E-state index contributed by atoms with van der Waals surface area (Å²) in [7, 11) is 0. The smallest absolute Gasteiger partial charge is 0.326 e. The Morgan fingerprint density at radius 1 is 1.53 bits per heavy atom. The predicted molar refractivity (Wildman–Crippen MR) is 69.2 cm³/mol. The normalized spacial score (nSPS) is 12.2. The first-order chi connectivity index (χ1) is 8.02. The molecule has 0 saturated carbocycles. The molecule has 0 aliphatic carbocycles. The van der Waals surface area contributed by atoms with E-state index in [1.54, 1.807) is 24.8 Å². The molecule has 94 valence electrons. The number of nitrogens with one attached hydrogen (secondary N) is 1. The lowest BCUT2D eigenvalue weighted by Gasteiger charge is -2.15. The summed E-state index contributed by atoms with van der Waals surface area (Å²) >= 11 is 1.59. The molecular formula is C12H16FNO2S. The zero-order valence-electron chi connectivity index (χ0n) is 9.87. The second kappa shape index (κ2) is 6.49. The van der Waals surface area contributed by atoms with Crippen LogP contribution in [-0.2, 0) is 4.79 Å². The number of rotatable bonds is 6. The minimum absolute atomic E-state index is 0.360. The maximum absolute atomic E-state index is 13.1. The maximum Gasteiger partial charge on any atom is 0.326 e. The molecular weight excluding hydrogens is 241 g/mol. The van der Waals surface area contributed by atoms with E-state index in [-0.39, 0.29) is 5.82 Å².